The van der Waals surface area contributed by atoms with E-state index in [0.29, 0.717) is 0 Å². The van der Waals surface area contributed by atoms with Crippen LogP contribution in [0.1, 0.15) is 38.8 Å². The summed E-state index contributed by atoms with van der Waals surface area (Å²) in [7, 11) is 1.83. The van der Waals surface area contributed by atoms with Crippen molar-refractivity contribution in [2.75, 3.05) is 53.0 Å². The lowest BCUT2D eigenvalue weighted by atomic mass is 10.00. The maximum atomic E-state index is 5.90. The van der Waals surface area contributed by atoms with Crippen LogP contribution in [0.25, 0.3) is 0 Å². The van der Waals surface area contributed by atoms with Gasteiger partial charge in [-0.3, -0.25) is 14.8 Å². The molecule has 2 aliphatic rings. The smallest absolute Gasteiger partial charge is 0.191 e. The molecular weight excluding hydrogens is 517 g/mol. The highest BCUT2D eigenvalue weighted by Crippen LogP contribution is 2.20. The zero-order valence-electron chi connectivity index (χ0n) is 20.4. The number of benzene rings is 1. The van der Waals surface area contributed by atoms with Gasteiger partial charge in [-0.25, -0.2) is 0 Å². The second-order valence-corrected chi connectivity index (χ2v) is 9.41. The van der Waals surface area contributed by atoms with Crippen molar-refractivity contribution in [1.82, 2.24) is 20.4 Å². The van der Waals surface area contributed by atoms with Crippen LogP contribution in [0.2, 0.25) is 0 Å². The van der Waals surface area contributed by atoms with E-state index in [2.05, 4.69) is 77.4 Å². The molecule has 0 aliphatic carbocycles. The Hall–Kier alpha value is -0.940. The van der Waals surface area contributed by atoms with Gasteiger partial charge in [0.05, 0.1) is 25.4 Å². The lowest BCUT2D eigenvalue weighted by Crippen LogP contribution is -2.59. The Balaban J connectivity index is 0.00000363. The van der Waals surface area contributed by atoms with Crippen molar-refractivity contribution in [1.29, 1.82) is 0 Å². The van der Waals surface area contributed by atoms with Gasteiger partial charge in [-0.05, 0) is 38.8 Å². The van der Waals surface area contributed by atoms with Gasteiger partial charge in [0.25, 0.3) is 0 Å². The van der Waals surface area contributed by atoms with E-state index >= 15 is 0 Å². The number of hydrogen-bond acceptors (Lipinski definition) is 5. The van der Waals surface area contributed by atoms with Crippen LogP contribution < -0.4 is 10.6 Å². The average molecular weight is 560 g/mol. The lowest BCUT2D eigenvalue weighted by Gasteiger charge is -2.45. The first kappa shape index (κ1) is 27.3. The van der Waals surface area contributed by atoms with E-state index < -0.39 is 0 Å². The molecule has 0 aromatic heterocycles. The van der Waals surface area contributed by atoms with Crippen LogP contribution in [0.15, 0.2) is 29.3 Å². The molecule has 32 heavy (non-hydrogen) atoms. The van der Waals surface area contributed by atoms with Gasteiger partial charge < -0.3 is 20.1 Å². The Morgan fingerprint density at radius 2 is 1.69 bits per heavy atom. The van der Waals surface area contributed by atoms with E-state index in [4.69, 9.17) is 9.47 Å². The van der Waals surface area contributed by atoms with E-state index in [1.54, 1.807) is 0 Å². The van der Waals surface area contributed by atoms with Crippen LogP contribution in [0.3, 0.4) is 0 Å². The summed E-state index contributed by atoms with van der Waals surface area (Å²) >= 11 is 0. The van der Waals surface area contributed by atoms with Crippen LogP contribution in [-0.2, 0) is 22.6 Å². The second-order valence-electron chi connectivity index (χ2n) is 9.41. The van der Waals surface area contributed by atoms with Crippen molar-refractivity contribution >= 4 is 29.9 Å². The minimum atomic E-state index is 0. The molecule has 0 bridgehead atoms. The molecule has 2 aliphatic heterocycles. The minimum Gasteiger partial charge on any atom is -0.379 e. The highest BCUT2D eigenvalue weighted by Gasteiger charge is 2.33. The average Bonchev–Trinajstić information content (AvgIpc) is 2.75. The molecule has 7 nitrogen and oxygen atoms in total. The number of halogens is 1. The molecule has 2 saturated heterocycles. The largest absolute Gasteiger partial charge is 0.379 e. The molecule has 2 unspecified atom stereocenters. The molecule has 2 N–H and O–H groups in total. The molecule has 0 spiro atoms. The molecule has 2 atom stereocenters. The van der Waals surface area contributed by atoms with Gasteiger partial charge >= 0.3 is 0 Å². The first-order valence-electron chi connectivity index (χ1n) is 11.6. The van der Waals surface area contributed by atoms with Crippen LogP contribution in [-0.4, -0.2) is 86.5 Å². The van der Waals surface area contributed by atoms with Crippen molar-refractivity contribution in [2.24, 2.45) is 4.99 Å². The predicted molar refractivity (Wildman–Crippen MR) is 142 cm³/mol. The number of rotatable bonds is 7. The van der Waals surface area contributed by atoms with Crippen LogP contribution in [0.4, 0.5) is 0 Å². The van der Waals surface area contributed by atoms with Gasteiger partial charge in [0.1, 0.15) is 0 Å². The maximum absolute atomic E-state index is 5.90. The minimum absolute atomic E-state index is 0. The van der Waals surface area contributed by atoms with Crippen molar-refractivity contribution < 1.29 is 9.47 Å². The highest BCUT2D eigenvalue weighted by atomic mass is 127. The van der Waals surface area contributed by atoms with Crippen molar-refractivity contribution in [2.45, 2.75) is 58.5 Å². The molecule has 1 aromatic rings. The lowest BCUT2D eigenvalue weighted by molar-refractivity contribution is -0.0946. The summed E-state index contributed by atoms with van der Waals surface area (Å²) in [5, 5.41) is 7.05. The Kier molecular flexibility index (Phi) is 11.2. The van der Waals surface area contributed by atoms with Crippen molar-refractivity contribution in [3.63, 3.8) is 0 Å². The molecule has 1 aromatic carbocycles. The molecule has 0 radical (unpaired) electrons. The van der Waals surface area contributed by atoms with Gasteiger partial charge in [0, 0.05) is 58.4 Å². The maximum Gasteiger partial charge on any atom is 0.191 e. The Morgan fingerprint density at radius 3 is 2.31 bits per heavy atom. The summed E-state index contributed by atoms with van der Waals surface area (Å²) in [6.45, 7) is 17.0. The number of ether oxygens (including phenoxy) is 2. The first-order chi connectivity index (χ1) is 14.9. The number of nitrogens with one attached hydrogen (secondary N) is 2. The summed E-state index contributed by atoms with van der Waals surface area (Å²) in [5.74, 6) is 0.837. The molecule has 2 fully saturated rings. The summed E-state index contributed by atoms with van der Waals surface area (Å²) in [4.78, 5) is 9.43. The monoisotopic (exact) mass is 559 g/mol. The second kappa shape index (κ2) is 13.1. The van der Waals surface area contributed by atoms with E-state index in [1.807, 2.05) is 7.05 Å². The normalized spacial score (nSPS) is 23.5. The van der Waals surface area contributed by atoms with Gasteiger partial charge in [-0.2, -0.15) is 0 Å². The standard InChI is InChI=1S/C24H41N5O2.HI/c1-19-15-29(16-20(2)31-19)24(3,4)18-27-23(25-5)26-14-21-8-6-7-9-22(21)17-28-10-12-30-13-11-28;/h6-9,19-20H,10-18H2,1-5H3,(H2,25,26,27);1H. The summed E-state index contributed by atoms with van der Waals surface area (Å²) in [5.41, 5.74) is 2.69. The number of morpholine rings is 2. The molecule has 182 valence electrons. The van der Waals surface area contributed by atoms with Gasteiger partial charge in [-0.1, -0.05) is 24.3 Å². The van der Waals surface area contributed by atoms with Crippen molar-refractivity contribution in [3.8, 4) is 0 Å². The Bertz CT molecular complexity index is 714. The van der Waals surface area contributed by atoms with E-state index in [1.165, 1.54) is 11.1 Å². The zero-order valence-corrected chi connectivity index (χ0v) is 22.7. The van der Waals surface area contributed by atoms with E-state index in [9.17, 15) is 0 Å². The number of hydrogen-bond donors (Lipinski definition) is 2. The predicted octanol–water partition coefficient (Wildman–Crippen LogP) is 2.69. The molecule has 0 amide bonds. The summed E-state index contributed by atoms with van der Waals surface area (Å²) < 4.78 is 11.4. The third kappa shape index (κ3) is 8.13. The third-order valence-corrected chi connectivity index (χ3v) is 6.25. The fourth-order valence-corrected chi connectivity index (χ4v) is 4.37. The fourth-order valence-electron chi connectivity index (χ4n) is 4.37. The summed E-state index contributed by atoms with van der Waals surface area (Å²) in [6, 6.07) is 8.67. The Labute approximate surface area is 211 Å². The topological polar surface area (TPSA) is 61.4 Å². The summed E-state index contributed by atoms with van der Waals surface area (Å²) in [6.07, 6.45) is 0.534. The first-order valence-corrected chi connectivity index (χ1v) is 11.6. The van der Waals surface area contributed by atoms with Crippen LogP contribution in [0, 0.1) is 0 Å². The van der Waals surface area contributed by atoms with Crippen LogP contribution >= 0.6 is 24.0 Å². The number of aliphatic imine (C=N–C) groups is 1. The van der Waals surface area contributed by atoms with Gasteiger partial charge in [0.2, 0.25) is 0 Å². The highest BCUT2D eigenvalue weighted by molar-refractivity contribution is 14.0. The Morgan fingerprint density at radius 1 is 1.06 bits per heavy atom. The quantitative estimate of drug-likeness (QED) is 0.305. The van der Waals surface area contributed by atoms with E-state index in [0.717, 1.165) is 65.0 Å². The molecule has 0 saturated carbocycles. The number of nitrogens with zero attached hydrogens (tertiary/aromatic N) is 3. The third-order valence-electron chi connectivity index (χ3n) is 6.25. The zero-order chi connectivity index (χ0) is 22.3. The molecule has 8 heteroatoms. The van der Waals surface area contributed by atoms with Gasteiger partial charge in [0.15, 0.2) is 5.96 Å². The molecular formula is C24H42IN5O2. The molecule has 3 rings (SSSR count). The van der Waals surface area contributed by atoms with Crippen molar-refractivity contribution in [3.05, 3.63) is 35.4 Å². The fraction of sp³-hybridized carbons (Fsp3) is 0.708. The molecule has 2 heterocycles. The van der Waals surface area contributed by atoms with E-state index in [-0.39, 0.29) is 41.7 Å². The van der Waals surface area contributed by atoms with Crippen LogP contribution in [0.5, 0.6) is 0 Å². The SMILES string of the molecule is CN=C(NCc1ccccc1CN1CCOCC1)NCC(C)(C)N1CC(C)OC(C)C1.I. The number of guanidine groups is 1. The van der Waals surface area contributed by atoms with Gasteiger partial charge in [-0.15, -0.1) is 24.0 Å².